The van der Waals surface area contributed by atoms with Crippen LogP contribution in [0.15, 0.2) is 38.7 Å². The van der Waals surface area contributed by atoms with Gasteiger partial charge in [0.05, 0.1) is 10.3 Å². The molecule has 0 saturated heterocycles. The predicted octanol–water partition coefficient (Wildman–Crippen LogP) is 3.60. The van der Waals surface area contributed by atoms with Crippen molar-refractivity contribution < 1.29 is 4.79 Å². The van der Waals surface area contributed by atoms with Gasteiger partial charge in [-0.15, -0.1) is 11.3 Å². The van der Waals surface area contributed by atoms with Crippen LogP contribution in [0.3, 0.4) is 0 Å². The van der Waals surface area contributed by atoms with Crippen LogP contribution >= 0.6 is 43.2 Å². The Hall–Kier alpha value is -0.720. The zero-order valence-corrected chi connectivity index (χ0v) is 12.6. The summed E-state index contributed by atoms with van der Waals surface area (Å²) in [6.07, 6.45) is 1.61. The second-order valence-corrected chi connectivity index (χ2v) is 6.71. The lowest BCUT2D eigenvalue weighted by atomic mass is 10.3. The lowest BCUT2D eigenvalue weighted by Gasteiger charge is -2.02. The maximum absolute atomic E-state index is 11.7. The molecule has 0 fully saturated rings. The number of carbonyl (C=O) groups is 1. The van der Waals surface area contributed by atoms with Crippen molar-refractivity contribution in [2.45, 2.75) is 6.54 Å². The van der Waals surface area contributed by atoms with Crippen molar-refractivity contribution in [1.82, 2.24) is 10.3 Å². The summed E-state index contributed by atoms with van der Waals surface area (Å²) in [7, 11) is 0. The molecule has 0 spiro atoms. The van der Waals surface area contributed by atoms with Gasteiger partial charge in [-0.2, -0.15) is 0 Å². The van der Waals surface area contributed by atoms with Gasteiger partial charge in [-0.3, -0.25) is 4.79 Å². The van der Waals surface area contributed by atoms with Crippen molar-refractivity contribution in [3.8, 4) is 0 Å². The molecule has 2 aromatic heterocycles. The van der Waals surface area contributed by atoms with E-state index in [4.69, 9.17) is 0 Å². The number of halogens is 2. The predicted molar refractivity (Wildman–Crippen MR) is 75.1 cm³/mol. The van der Waals surface area contributed by atoms with E-state index in [-0.39, 0.29) is 5.91 Å². The van der Waals surface area contributed by atoms with Gasteiger partial charge in [-0.25, -0.2) is 4.98 Å². The molecule has 0 aromatic carbocycles. The highest BCUT2D eigenvalue weighted by atomic mass is 79.9. The van der Waals surface area contributed by atoms with Gasteiger partial charge in [0.15, 0.2) is 0 Å². The Labute approximate surface area is 120 Å². The van der Waals surface area contributed by atoms with E-state index in [0.29, 0.717) is 12.2 Å². The van der Waals surface area contributed by atoms with Crippen molar-refractivity contribution in [2.75, 3.05) is 0 Å². The van der Waals surface area contributed by atoms with Crippen LogP contribution in [-0.4, -0.2) is 10.9 Å². The summed E-state index contributed by atoms with van der Waals surface area (Å²) in [5.74, 6) is -0.165. The molecule has 17 heavy (non-hydrogen) atoms. The fourth-order valence-corrected chi connectivity index (χ4v) is 2.87. The van der Waals surface area contributed by atoms with Gasteiger partial charge >= 0.3 is 0 Å². The van der Waals surface area contributed by atoms with E-state index in [9.17, 15) is 4.79 Å². The molecule has 0 aliphatic carbocycles. The lowest BCUT2D eigenvalue weighted by molar-refractivity contribution is 0.0946. The van der Waals surface area contributed by atoms with Gasteiger partial charge in [-0.05, 0) is 56.1 Å². The minimum absolute atomic E-state index is 0.165. The molecular formula is C11H8Br2N2OS. The van der Waals surface area contributed by atoms with E-state index >= 15 is 0 Å². The average Bonchev–Trinajstić information content (AvgIpc) is 2.73. The van der Waals surface area contributed by atoms with Crippen LogP contribution in [0.1, 0.15) is 15.4 Å². The van der Waals surface area contributed by atoms with E-state index in [2.05, 4.69) is 42.2 Å². The van der Waals surface area contributed by atoms with E-state index < -0.39 is 0 Å². The molecule has 0 atom stereocenters. The normalized spacial score (nSPS) is 10.2. The molecule has 2 aromatic rings. The lowest BCUT2D eigenvalue weighted by Crippen LogP contribution is -2.23. The van der Waals surface area contributed by atoms with E-state index in [0.717, 1.165) is 13.1 Å². The molecule has 88 valence electrons. The Balaban J connectivity index is 1.95. The molecule has 0 saturated carbocycles. The molecule has 0 aliphatic rings. The Morgan fingerprint density at radius 3 is 2.71 bits per heavy atom. The van der Waals surface area contributed by atoms with Crippen molar-refractivity contribution >= 4 is 49.1 Å². The first-order valence-corrected chi connectivity index (χ1v) is 7.19. The van der Waals surface area contributed by atoms with Gasteiger partial charge in [0.2, 0.25) is 0 Å². The van der Waals surface area contributed by atoms with Crippen molar-refractivity contribution in [2.24, 2.45) is 0 Å². The third kappa shape index (κ3) is 3.62. The summed E-state index contributed by atoms with van der Waals surface area (Å²) in [6.45, 7) is 0.521. The number of hydrogen-bond donors (Lipinski definition) is 1. The second-order valence-electron chi connectivity index (χ2n) is 3.25. The van der Waals surface area contributed by atoms with E-state index in [1.165, 1.54) is 0 Å². The van der Waals surface area contributed by atoms with Gasteiger partial charge in [-0.1, -0.05) is 0 Å². The molecule has 2 heterocycles. The number of nitrogens with one attached hydrogen (secondary N) is 1. The fraction of sp³-hybridized carbons (Fsp3) is 0.0909. The Morgan fingerprint density at radius 2 is 2.12 bits per heavy atom. The second kappa shape index (κ2) is 5.75. The Bertz CT molecular complexity index is 525. The number of amides is 1. The Morgan fingerprint density at radius 1 is 1.29 bits per heavy atom. The van der Waals surface area contributed by atoms with Gasteiger partial charge in [0.25, 0.3) is 5.91 Å². The van der Waals surface area contributed by atoms with Crippen LogP contribution < -0.4 is 5.32 Å². The zero-order valence-electron chi connectivity index (χ0n) is 8.61. The SMILES string of the molecule is O=C(NCc1ccc(Br)s1)c1ccc(Br)cn1. The molecular weight excluding hydrogens is 368 g/mol. The first kappa shape index (κ1) is 12.7. The summed E-state index contributed by atoms with van der Waals surface area (Å²) in [5.41, 5.74) is 0.420. The number of pyridine rings is 1. The third-order valence-electron chi connectivity index (χ3n) is 2.01. The Kier molecular flexibility index (Phi) is 4.31. The molecule has 6 heteroatoms. The van der Waals surface area contributed by atoms with E-state index in [1.54, 1.807) is 29.7 Å². The maximum atomic E-state index is 11.7. The summed E-state index contributed by atoms with van der Waals surface area (Å²) >= 11 is 8.26. The summed E-state index contributed by atoms with van der Waals surface area (Å²) < 4.78 is 1.92. The number of aromatic nitrogens is 1. The third-order valence-corrected chi connectivity index (χ3v) is 4.10. The molecule has 2 rings (SSSR count). The highest BCUT2D eigenvalue weighted by molar-refractivity contribution is 9.11. The van der Waals surface area contributed by atoms with Crippen molar-refractivity contribution in [3.05, 3.63) is 49.3 Å². The van der Waals surface area contributed by atoms with Crippen LogP contribution in [-0.2, 0) is 6.54 Å². The van der Waals surface area contributed by atoms with Crippen molar-refractivity contribution in [1.29, 1.82) is 0 Å². The summed E-state index contributed by atoms with van der Waals surface area (Å²) in [6, 6.07) is 7.42. The summed E-state index contributed by atoms with van der Waals surface area (Å²) in [5, 5.41) is 2.82. The largest absolute Gasteiger partial charge is 0.346 e. The minimum Gasteiger partial charge on any atom is -0.346 e. The number of carbonyl (C=O) groups excluding carboxylic acids is 1. The van der Waals surface area contributed by atoms with Crippen LogP contribution in [0.4, 0.5) is 0 Å². The van der Waals surface area contributed by atoms with Crippen molar-refractivity contribution in [3.63, 3.8) is 0 Å². The molecule has 0 aliphatic heterocycles. The monoisotopic (exact) mass is 374 g/mol. The number of nitrogens with zero attached hydrogens (tertiary/aromatic N) is 1. The smallest absolute Gasteiger partial charge is 0.270 e. The minimum atomic E-state index is -0.165. The van der Waals surface area contributed by atoms with Gasteiger partial charge in [0.1, 0.15) is 5.69 Å². The number of hydrogen-bond acceptors (Lipinski definition) is 3. The molecule has 0 radical (unpaired) electrons. The van der Waals surface area contributed by atoms with Crippen LogP contribution in [0.5, 0.6) is 0 Å². The van der Waals surface area contributed by atoms with Gasteiger partial charge < -0.3 is 5.32 Å². The molecule has 1 N–H and O–H groups in total. The summed E-state index contributed by atoms with van der Waals surface area (Å²) in [4.78, 5) is 16.9. The van der Waals surface area contributed by atoms with Crippen LogP contribution in [0.25, 0.3) is 0 Å². The number of rotatable bonds is 3. The number of thiophene rings is 1. The quantitative estimate of drug-likeness (QED) is 0.890. The maximum Gasteiger partial charge on any atom is 0.270 e. The van der Waals surface area contributed by atoms with Crippen LogP contribution in [0.2, 0.25) is 0 Å². The van der Waals surface area contributed by atoms with E-state index in [1.807, 2.05) is 12.1 Å². The highest BCUT2D eigenvalue weighted by Gasteiger charge is 2.07. The molecule has 0 unspecified atom stereocenters. The van der Waals surface area contributed by atoms with Crippen LogP contribution in [0, 0.1) is 0 Å². The first-order chi connectivity index (χ1) is 8.15. The first-order valence-electron chi connectivity index (χ1n) is 4.79. The fourth-order valence-electron chi connectivity index (χ4n) is 1.21. The topological polar surface area (TPSA) is 42.0 Å². The standard InChI is InChI=1S/C11H8Br2N2OS/c12-7-1-3-9(14-5-7)11(16)15-6-8-2-4-10(13)17-8/h1-5H,6H2,(H,15,16). The molecule has 3 nitrogen and oxygen atoms in total. The zero-order chi connectivity index (χ0) is 12.3. The van der Waals surface area contributed by atoms with Gasteiger partial charge in [0, 0.05) is 15.5 Å². The average molecular weight is 376 g/mol. The molecule has 0 bridgehead atoms. The molecule has 1 amide bonds. The highest BCUT2D eigenvalue weighted by Crippen LogP contribution is 2.21.